The zero-order chi connectivity index (χ0) is 20.1. The lowest BCUT2D eigenvalue weighted by Gasteiger charge is -2.22. The minimum Gasteiger partial charge on any atom is -0.451 e. The fraction of sp³-hybridized carbons (Fsp3) is 0.158. The molecule has 2 amide bonds. The first kappa shape index (κ1) is 19.5. The van der Waals surface area contributed by atoms with Crippen molar-refractivity contribution < 1.29 is 23.5 Å². The van der Waals surface area contributed by atoms with Gasteiger partial charge in [0.1, 0.15) is 11.5 Å². The molecule has 2 aromatic carbocycles. The Morgan fingerprint density at radius 2 is 1.93 bits per heavy atom. The van der Waals surface area contributed by atoms with Crippen molar-refractivity contribution in [3.8, 4) is 0 Å². The third kappa shape index (κ3) is 4.72. The smallest absolute Gasteiger partial charge is 0.355 e. The minimum absolute atomic E-state index is 0.0222. The standard InChI is InChI=1S/C19H15ClFN3O4/c20-12-6-7-15(14(21)10-12)22-17(25)11-28-19(27)16-8-9-18(26)24(23-16)13-4-2-1-3-5-13/h1-7,10H,8-9,11H2,(H,22,25). The summed E-state index contributed by atoms with van der Waals surface area (Å²) in [7, 11) is 0. The van der Waals surface area contributed by atoms with Gasteiger partial charge in [0.25, 0.3) is 5.91 Å². The van der Waals surface area contributed by atoms with E-state index in [9.17, 15) is 18.8 Å². The van der Waals surface area contributed by atoms with E-state index >= 15 is 0 Å². The number of carbonyl (C=O) groups is 3. The monoisotopic (exact) mass is 403 g/mol. The van der Waals surface area contributed by atoms with Crippen LogP contribution >= 0.6 is 11.6 Å². The van der Waals surface area contributed by atoms with Crippen molar-refractivity contribution in [1.29, 1.82) is 0 Å². The summed E-state index contributed by atoms with van der Waals surface area (Å²) in [6.45, 7) is -0.626. The number of rotatable bonds is 5. The molecule has 0 saturated heterocycles. The van der Waals surface area contributed by atoms with Crippen LogP contribution in [0.1, 0.15) is 12.8 Å². The van der Waals surface area contributed by atoms with Gasteiger partial charge >= 0.3 is 5.97 Å². The largest absolute Gasteiger partial charge is 0.451 e. The Morgan fingerprint density at radius 3 is 2.64 bits per heavy atom. The first-order valence-electron chi connectivity index (χ1n) is 8.31. The van der Waals surface area contributed by atoms with Crippen molar-refractivity contribution in [1.82, 2.24) is 0 Å². The van der Waals surface area contributed by atoms with Gasteiger partial charge in [-0.15, -0.1) is 0 Å². The van der Waals surface area contributed by atoms with Gasteiger partial charge in [0.05, 0.1) is 11.4 Å². The van der Waals surface area contributed by atoms with Crippen LogP contribution < -0.4 is 10.3 Å². The summed E-state index contributed by atoms with van der Waals surface area (Å²) in [5.74, 6) is -2.50. The number of halogens is 2. The van der Waals surface area contributed by atoms with Gasteiger partial charge in [-0.25, -0.2) is 14.2 Å². The molecule has 0 spiro atoms. The molecule has 7 nitrogen and oxygen atoms in total. The number of para-hydroxylation sites is 1. The summed E-state index contributed by atoms with van der Waals surface area (Å²) in [4.78, 5) is 36.1. The fourth-order valence-corrected chi connectivity index (χ4v) is 2.62. The average Bonchev–Trinajstić information content (AvgIpc) is 2.69. The van der Waals surface area contributed by atoms with Crippen LogP contribution in [0.3, 0.4) is 0 Å². The molecule has 0 saturated carbocycles. The van der Waals surface area contributed by atoms with Gasteiger partial charge < -0.3 is 10.1 Å². The summed E-state index contributed by atoms with van der Waals surface area (Å²) in [5, 5.41) is 7.64. The maximum Gasteiger partial charge on any atom is 0.355 e. The average molecular weight is 404 g/mol. The fourth-order valence-electron chi connectivity index (χ4n) is 2.46. The van der Waals surface area contributed by atoms with Crippen molar-refractivity contribution in [2.45, 2.75) is 12.8 Å². The lowest BCUT2D eigenvalue weighted by atomic mass is 10.1. The van der Waals surface area contributed by atoms with Crippen molar-refractivity contribution in [2.24, 2.45) is 5.10 Å². The highest BCUT2D eigenvalue weighted by Gasteiger charge is 2.26. The molecule has 0 bridgehead atoms. The Morgan fingerprint density at radius 1 is 1.18 bits per heavy atom. The second-order valence-corrected chi connectivity index (χ2v) is 6.27. The molecule has 0 fully saturated rings. The van der Waals surface area contributed by atoms with E-state index < -0.39 is 24.3 Å². The van der Waals surface area contributed by atoms with E-state index in [1.807, 2.05) is 0 Å². The highest BCUT2D eigenvalue weighted by molar-refractivity contribution is 6.38. The van der Waals surface area contributed by atoms with Crippen LogP contribution in [-0.2, 0) is 19.1 Å². The van der Waals surface area contributed by atoms with Crippen LogP contribution in [0.25, 0.3) is 0 Å². The van der Waals surface area contributed by atoms with Crippen LogP contribution in [0.2, 0.25) is 5.02 Å². The number of benzene rings is 2. The number of anilines is 2. The molecule has 1 heterocycles. The first-order valence-corrected chi connectivity index (χ1v) is 8.69. The molecule has 1 N–H and O–H groups in total. The maximum atomic E-state index is 13.7. The van der Waals surface area contributed by atoms with Crippen LogP contribution in [0.4, 0.5) is 15.8 Å². The van der Waals surface area contributed by atoms with E-state index in [2.05, 4.69) is 10.4 Å². The summed E-state index contributed by atoms with van der Waals surface area (Å²) in [5.41, 5.74) is 0.462. The molecule has 0 aliphatic carbocycles. The van der Waals surface area contributed by atoms with Crippen LogP contribution in [0.15, 0.2) is 53.6 Å². The number of hydrogen-bond donors (Lipinski definition) is 1. The molecule has 9 heteroatoms. The Labute approximate surface area is 164 Å². The highest BCUT2D eigenvalue weighted by Crippen LogP contribution is 2.20. The van der Waals surface area contributed by atoms with E-state index in [0.717, 1.165) is 11.1 Å². The van der Waals surface area contributed by atoms with E-state index in [-0.39, 0.29) is 35.2 Å². The number of esters is 1. The summed E-state index contributed by atoms with van der Waals surface area (Å²) < 4.78 is 18.6. The topological polar surface area (TPSA) is 88.1 Å². The van der Waals surface area contributed by atoms with Gasteiger partial charge in [-0.3, -0.25) is 9.59 Å². The van der Waals surface area contributed by atoms with E-state index in [1.54, 1.807) is 30.3 Å². The van der Waals surface area contributed by atoms with Crippen molar-refractivity contribution in [3.63, 3.8) is 0 Å². The van der Waals surface area contributed by atoms with Gasteiger partial charge in [-0.05, 0) is 30.3 Å². The van der Waals surface area contributed by atoms with Crippen molar-refractivity contribution in [2.75, 3.05) is 16.9 Å². The molecule has 3 rings (SSSR count). The normalized spacial score (nSPS) is 13.7. The summed E-state index contributed by atoms with van der Waals surface area (Å²) in [6.07, 6.45) is 0.194. The molecule has 28 heavy (non-hydrogen) atoms. The Balaban J connectivity index is 1.61. The second kappa shape index (κ2) is 8.62. The lowest BCUT2D eigenvalue weighted by Crippen LogP contribution is -2.35. The molecule has 2 aromatic rings. The number of amides is 2. The van der Waals surface area contributed by atoms with Gasteiger partial charge in [-0.1, -0.05) is 29.8 Å². The zero-order valence-corrected chi connectivity index (χ0v) is 15.3. The van der Waals surface area contributed by atoms with E-state index in [4.69, 9.17) is 16.3 Å². The number of carbonyl (C=O) groups excluding carboxylic acids is 3. The Kier molecular flexibility index (Phi) is 6.00. The predicted molar refractivity (Wildman–Crippen MR) is 102 cm³/mol. The SMILES string of the molecule is O=C(COC(=O)C1=NN(c2ccccc2)C(=O)CC1)Nc1ccc(Cl)cc1F. The number of hydrazone groups is 1. The minimum atomic E-state index is -0.819. The molecular formula is C19H15ClFN3O4. The third-order valence-electron chi connectivity index (χ3n) is 3.81. The lowest BCUT2D eigenvalue weighted by molar-refractivity contribution is -0.140. The van der Waals surface area contributed by atoms with Gasteiger partial charge in [0, 0.05) is 17.9 Å². The van der Waals surface area contributed by atoms with Gasteiger partial charge in [-0.2, -0.15) is 5.10 Å². The molecule has 1 aliphatic rings. The van der Waals surface area contributed by atoms with E-state index in [1.165, 1.54) is 12.1 Å². The predicted octanol–water partition coefficient (Wildman–Crippen LogP) is 3.14. The molecule has 0 aromatic heterocycles. The molecule has 144 valence electrons. The molecular weight excluding hydrogens is 389 g/mol. The maximum absolute atomic E-state index is 13.7. The Bertz CT molecular complexity index is 949. The number of hydrogen-bond acceptors (Lipinski definition) is 5. The third-order valence-corrected chi connectivity index (χ3v) is 4.04. The first-order chi connectivity index (χ1) is 13.4. The number of nitrogens with zero attached hydrogens (tertiary/aromatic N) is 2. The van der Waals surface area contributed by atoms with Crippen molar-refractivity contribution >= 4 is 46.5 Å². The summed E-state index contributed by atoms with van der Waals surface area (Å²) >= 11 is 5.65. The van der Waals surface area contributed by atoms with Crippen LogP contribution in [0, 0.1) is 5.82 Å². The quantitative estimate of drug-likeness (QED) is 0.777. The number of nitrogens with one attached hydrogen (secondary N) is 1. The van der Waals surface area contributed by atoms with Crippen LogP contribution in [0.5, 0.6) is 0 Å². The Hall–Kier alpha value is -3.26. The summed E-state index contributed by atoms with van der Waals surface area (Å²) in [6, 6.07) is 12.4. The van der Waals surface area contributed by atoms with E-state index in [0.29, 0.717) is 5.69 Å². The van der Waals surface area contributed by atoms with Gasteiger partial charge in [0.2, 0.25) is 5.91 Å². The molecule has 0 radical (unpaired) electrons. The molecule has 0 unspecified atom stereocenters. The zero-order valence-electron chi connectivity index (χ0n) is 14.5. The van der Waals surface area contributed by atoms with Crippen molar-refractivity contribution in [3.05, 3.63) is 59.4 Å². The highest BCUT2D eigenvalue weighted by atomic mass is 35.5. The number of ether oxygens (including phenoxy) is 1. The molecule has 0 atom stereocenters. The van der Waals surface area contributed by atoms with Crippen LogP contribution in [-0.4, -0.2) is 30.1 Å². The molecule has 1 aliphatic heterocycles. The second-order valence-electron chi connectivity index (χ2n) is 5.84. The van der Waals surface area contributed by atoms with Gasteiger partial charge in [0.15, 0.2) is 6.61 Å².